The van der Waals surface area contributed by atoms with E-state index in [1.165, 1.54) is 32.1 Å². The maximum Gasteiger partial charge on any atom is 0.195 e. The van der Waals surface area contributed by atoms with Crippen LogP contribution in [0, 0.1) is 0 Å². The van der Waals surface area contributed by atoms with Crippen molar-refractivity contribution >= 4 is 0 Å². The number of hydrogen-bond donors (Lipinski definition) is 1. The molecule has 1 aromatic heterocycles. The van der Waals surface area contributed by atoms with E-state index in [-0.39, 0.29) is 5.41 Å². The Bertz CT molecular complexity index is 364. The van der Waals surface area contributed by atoms with Crippen LogP contribution in [0.1, 0.15) is 64.5 Å². The smallest absolute Gasteiger partial charge is 0.195 e. The molecule has 2 rings (SSSR count). The fourth-order valence-corrected chi connectivity index (χ4v) is 2.75. The highest BCUT2D eigenvalue weighted by atomic mass is 16.4. The molecule has 1 N–H and O–H groups in total. The molecule has 1 heterocycles. The summed E-state index contributed by atoms with van der Waals surface area (Å²) in [6.45, 7) is 7.57. The summed E-state index contributed by atoms with van der Waals surface area (Å²) < 4.78 is 5.96. The molecule has 0 radical (unpaired) electrons. The maximum atomic E-state index is 5.96. The molecule has 102 valence electrons. The Labute approximate surface area is 110 Å². The Kier molecular flexibility index (Phi) is 4.44. The highest BCUT2D eigenvalue weighted by Gasteiger charge is 2.32. The fraction of sp³-hybridized carbons (Fsp3) is 0.800. The third kappa shape index (κ3) is 3.35. The highest BCUT2D eigenvalue weighted by Crippen LogP contribution is 2.39. The van der Waals surface area contributed by atoms with Crippen LogP contribution >= 0.6 is 0 Å². The molecule has 1 fully saturated rings. The van der Waals surface area contributed by atoms with E-state index in [4.69, 9.17) is 4.42 Å². The largest absolute Gasteiger partial charge is 0.445 e. The van der Waals surface area contributed by atoms with E-state index in [1.807, 2.05) is 6.20 Å². The predicted octanol–water partition coefficient (Wildman–Crippen LogP) is 3.44. The van der Waals surface area contributed by atoms with Crippen LogP contribution in [0.2, 0.25) is 0 Å². The van der Waals surface area contributed by atoms with Crippen LogP contribution in [-0.2, 0) is 11.8 Å². The van der Waals surface area contributed by atoms with E-state index < -0.39 is 0 Å². The lowest BCUT2D eigenvalue weighted by atomic mass is 9.74. The first-order valence-corrected chi connectivity index (χ1v) is 7.29. The summed E-state index contributed by atoms with van der Waals surface area (Å²) in [5.74, 6) is 1.98. The zero-order chi connectivity index (χ0) is 13.0. The van der Waals surface area contributed by atoms with Crippen molar-refractivity contribution in [3.63, 3.8) is 0 Å². The van der Waals surface area contributed by atoms with Crippen molar-refractivity contribution in [2.24, 2.45) is 0 Å². The SMILES string of the molecule is CC(C)NCCc1ncc(C2(C)CCCCC2)o1. The van der Waals surface area contributed by atoms with Crippen molar-refractivity contribution in [1.82, 2.24) is 10.3 Å². The summed E-state index contributed by atoms with van der Waals surface area (Å²) in [7, 11) is 0. The van der Waals surface area contributed by atoms with Crippen molar-refractivity contribution in [2.45, 2.75) is 70.8 Å². The van der Waals surface area contributed by atoms with Gasteiger partial charge in [-0.25, -0.2) is 4.98 Å². The standard InChI is InChI=1S/C15H26N2O/c1-12(2)16-10-7-14-17-11-13(18-14)15(3)8-5-4-6-9-15/h11-12,16H,4-10H2,1-3H3. The van der Waals surface area contributed by atoms with Gasteiger partial charge in [-0.05, 0) is 12.8 Å². The van der Waals surface area contributed by atoms with Gasteiger partial charge in [-0.3, -0.25) is 0 Å². The third-order valence-electron chi connectivity index (χ3n) is 4.00. The first-order valence-electron chi connectivity index (χ1n) is 7.29. The van der Waals surface area contributed by atoms with Gasteiger partial charge in [0.05, 0.1) is 6.20 Å². The summed E-state index contributed by atoms with van der Waals surface area (Å²) >= 11 is 0. The zero-order valence-corrected chi connectivity index (χ0v) is 12.0. The van der Waals surface area contributed by atoms with Crippen molar-refractivity contribution < 1.29 is 4.42 Å². The summed E-state index contributed by atoms with van der Waals surface area (Å²) in [5, 5.41) is 3.39. The number of hydrogen-bond acceptors (Lipinski definition) is 3. The number of rotatable bonds is 5. The van der Waals surface area contributed by atoms with Crippen LogP contribution in [0.5, 0.6) is 0 Å². The normalized spacial score (nSPS) is 19.3. The second-order valence-corrected chi connectivity index (χ2v) is 6.10. The van der Waals surface area contributed by atoms with Crippen LogP contribution < -0.4 is 5.32 Å². The molecule has 1 saturated carbocycles. The van der Waals surface area contributed by atoms with Crippen molar-refractivity contribution in [3.8, 4) is 0 Å². The van der Waals surface area contributed by atoms with Crippen LogP contribution in [0.3, 0.4) is 0 Å². The van der Waals surface area contributed by atoms with E-state index in [0.29, 0.717) is 6.04 Å². The van der Waals surface area contributed by atoms with E-state index >= 15 is 0 Å². The average Bonchev–Trinajstić information content (AvgIpc) is 2.79. The molecular formula is C15H26N2O. The molecular weight excluding hydrogens is 224 g/mol. The second-order valence-electron chi connectivity index (χ2n) is 6.10. The molecule has 1 aromatic rings. The van der Waals surface area contributed by atoms with Gasteiger partial charge in [0.2, 0.25) is 0 Å². The Morgan fingerprint density at radius 1 is 1.33 bits per heavy atom. The van der Waals surface area contributed by atoms with Gasteiger partial charge in [0.15, 0.2) is 5.89 Å². The summed E-state index contributed by atoms with van der Waals surface area (Å²) in [4.78, 5) is 4.43. The van der Waals surface area contributed by atoms with Gasteiger partial charge in [0.1, 0.15) is 5.76 Å². The van der Waals surface area contributed by atoms with Gasteiger partial charge >= 0.3 is 0 Å². The summed E-state index contributed by atoms with van der Waals surface area (Å²) in [6.07, 6.45) is 9.33. The molecule has 3 nitrogen and oxygen atoms in total. The Balaban J connectivity index is 1.92. The Hall–Kier alpha value is -0.830. The van der Waals surface area contributed by atoms with Gasteiger partial charge in [-0.15, -0.1) is 0 Å². The molecule has 0 atom stereocenters. The van der Waals surface area contributed by atoms with Gasteiger partial charge in [-0.1, -0.05) is 40.0 Å². The maximum absolute atomic E-state index is 5.96. The molecule has 0 spiro atoms. The molecule has 1 aliphatic carbocycles. The van der Waals surface area contributed by atoms with Crippen molar-refractivity contribution in [2.75, 3.05) is 6.54 Å². The molecule has 0 amide bonds. The minimum Gasteiger partial charge on any atom is -0.445 e. The molecule has 18 heavy (non-hydrogen) atoms. The minimum atomic E-state index is 0.231. The van der Waals surface area contributed by atoms with Crippen LogP contribution in [0.15, 0.2) is 10.6 Å². The van der Waals surface area contributed by atoms with Crippen LogP contribution in [-0.4, -0.2) is 17.6 Å². The average molecular weight is 250 g/mol. The van der Waals surface area contributed by atoms with E-state index in [2.05, 4.69) is 31.1 Å². The lowest BCUT2D eigenvalue weighted by molar-refractivity contribution is 0.260. The van der Waals surface area contributed by atoms with E-state index in [1.54, 1.807) is 0 Å². The summed E-state index contributed by atoms with van der Waals surface area (Å²) in [6, 6.07) is 0.523. The minimum absolute atomic E-state index is 0.231. The van der Waals surface area contributed by atoms with E-state index in [0.717, 1.165) is 24.6 Å². The summed E-state index contributed by atoms with van der Waals surface area (Å²) in [5.41, 5.74) is 0.231. The number of aromatic nitrogens is 1. The molecule has 0 aromatic carbocycles. The second kappa shape index (κ2) is 5.87. The topological polar surface area (TPSA) is 38.1 Å². The van der Waals surface area contributed by atoms with Gasteiger partial charge in [0.25, 0.3) is 0 Å². The molecule has 0 saturated heterocycles. The molecule has 3 heteroatoms. The number of nitrogens with one attached hydrogen (secondary N) is 1. The van der Waals surface area contributed by atoms with Gasteiger partial charge < -0.3 is 9.73 Å². The zero-order valence-electron chi connectivity index (χ0n) is 12.0. The molecule has 1 aliphatic rings. The van der Waals surface area contributed by atoms with Gasteiger partial charge in [-0.2, -0.15) is 0 Å². The van der Waals surface area contributed by atoms with Crippen LogP contribution in [0.4, 0.5) is 0 Å². The molecule has 0 bridgehead atoms. The number of nitrogens with zero attached hydrogens (tertiary/aromatic N) is 1. The van der Waals surface area contributed by atoms with E-state index in [9.17, 15) is 0 Å². The lowest BCUT2D eigenvalue weighted by Crippen LogP contribution is -2.25. The monoisotopic (exact) mass is 250 g/mol. The number of oxazole rings is 1. The van der Waals surface area contributed by atoms with Gasteiger partial charge in [0, 0.05) is 24.4 Å². The predicted molar refractivity (Wildman–Crippen MR) is 73.8 cm³/mol. The van der Waals surface area contributed by atoms with Crippen molar-refractivity contribution in [1.29, 1.82) is 0 Å². The fourth-order valence-electron chi connectivity index (χ4n) is 2.75. The quantitative estimate of drug-likeness (QED) is 0.870. The molecule has 0 aliphatic heterocycles. The third-order valence-corrected chi connectivity index (χ3v) is 4.00. The first kappa shape index (κ1) is 13.6. The van der Waals surface area contributed by atoms with Crippen molar-refractivity contribution in [3.05, 3.63) is 17.8 Å². The Morgan fingerprint density at radius 2 is 2.06 bits per heavy atom. The van der Waals surface area contributed by atoms with Crippen LogP contribution in [0.25, 0.3) is 0 Å². The molecule has 0 unspecified atom stereocenters. The lowest BCUT2D eigenvalue weighted by Gasteiger charge is -2.30. The first-order chi connectivity index (χ1) is 8.60. The highest BCUT2D eigenvalue weighted by molar-refractivity contribution is 5.11. The Morgan fingerprint density at radius 3 is 2.72 bits per heavy atom.